The van der Waals surface area contributed by atoms with E-state index in [4.69, 9.17) is 5.73 Å². The molecule has 0 aliphatic carbocycles. The third-order valence-corrected chi connectivity index (χ3v) is 4.18. The van der Waals surface area contributed by atoms with Gasteiger partial charge in [0.15, 0.2) is 5.69 Å². The molecule has 0 saturated heterocycles. The maximum absolute atomic E-state index is 14.0. The average Bonchev–Trinajstić information content (AvgIpc) is 2.59. The number of anilines is 2. The standard InChI is InChI=1S/C20H27FN4O3/c1-12(2)10-24(16(26)9-14-7-5-6-8-15(14)21)17-18(22)25(11-13(3)4)20(28)23-19(17)27/h5-8,12-13H,9-11,22H2,1-4H3,(H,23,27,28). The summed E-state index contributed by atoms with van der Waals surface area (Å²) < 4.78 is 15.2. The Kier molecular flexibility index (Phi) is 6.77. The van der Waals surface area contributed by atoms with Gasteiger partial charge in [0.1, 0.15) is 11.6 Å². The first-order valence-electron chi connectivity index (χ1n) is 9.28. The van der Waals surface area contributed by atoms with Crippen LogP contribution in [-0.4, -0.2) is 22.0 Å². The van der Waals surface area contributed by atoms with Crippen molar-refractivity contribution in [2.75, 3.05) is 17.2 Å². The Morgan fingerprint density at radius 1 is 1.18 bits per heavy atom. The van der Waals surface area contributed by atoms with Gasteiger partial charge in [-0.3, -0.25) is 19.1 Å². The second-order valence-electron chi connectivity index (χ2n) is 7.66. The van der Waals surface area contributed by atoms with Crippen LogP contribution in [0.4, 0.5) is 15.9 Å². The first-order chi connectivity index (χ1) is 13.1. The Morgan fingerprint density at radius 3 is 2.39 bits per heavy atom. The van der Waals surface area contributed by atoms with Gasteiger partial charge in [-0.15, -0.1) is 0 Å². The summed E-state index contributed by atoms with van der Waals surface area (Å²) in [4.78, 5) is 41.2. The Labute approximate surface area is 163 Å². The number of carbonyl (C=O) groups is 1. The van der Waals surface area contributed by atoms with E-state index in [1.54, 1.807) is 12.1 Å². The molecule has 2 rings (SSSR count). The number of rotatable bonds is 7. The molecule has 0 atom stereocenters. The van der Waals surface area contributed by atoms with Crippen LogP contribution in [0.3, 0.4) is 0 Å². The number of nitrogen functional groups attached to an aromatic ring is 1. The number of aromatic amines is 1. The van der Waals surface area contributed by atoms with Gasteiger partial charge in [-0.25, -0.2) is 9.18 Å². The number of H-pyrrole nitrogens is 1. The van der Waals surface area contributed by atoms with Crippen LogP contribution >= 0.6 is 0 Å². The Hall–Kier alpha value is -2.90. The van der Waals surface area contributed by atoms with Gasteiger partial charge >= 0.3 is 5.69 Å². The van der Waals surface area contributed by atoms with Crippen molar-refractivity contribution in [3.63, 3.8) is 0 Å². The van der Waals surface area contributed by atoms with Gasteiger partial charge in [-0.1, -0.05) is 45.9 Å². The smallest absolute Gasteiger partial charge is 0.330 e. The number of carbonyl (C=O) groups excluding carboxylic acids is 1. The summed E-state index contributed by atoms with van der Waals surface area (Å²) in [5.41, 5.74) is 4.95. The molecule has 0 radical (unpaired) electrons. The van der Waals surface area contributed by atoms with Crippen molar-refractivity contribution < 1.29 is 9.18 Å². The zero-order valence-corrected chi connectivity index (χ0v) is 16.7. The molecule has 0 spiro atoms. The number of benzene rings is 1. The Morgan fingerprint density at radius 2 is 1.82 bits per heavy atom. The predicted molar refractivity (Wildman–Crippen MR) is 108 cm³/mol. The highest BCUT2D eigenvalue weighted by molar-refractivity contribution is 5.96. The third-order valence-electron chi connectivity index (χ3n) is 4.18. The molecule has 2 aromatic rings. The van der Waals surface area contributed by atoms with E-state index in [2.05, 4.69) is 4.98 Å². The molecular weight excluding hydrogens is 363 g/mol. The lowest BCUT2D eigenvalue weighted by Gasteiger charge is -2.26. The van der Waals surface area contributed by atoms with Crippen molar-refractivity contribution in [2.24, 2.45) is 11.8 Å². The van der Waals surface area contributed by atoms with E-state index in [0.29, 0.717) is 6.54 Å². The number of hydrogen-bond acceptors (Lipinski definition) is 4. The molecule has 1 heterocycles. The minimum Gasteiger partial charge on any atom is -0.383 e. The van der Waals surface area contributed by atoms with E-state index in [-0.39, 0.29) is 41.9 Å². The van der Waals surface area contributed by atoms with Gasteiger partial charge < -0.3 is 10.6 Å². The van der Waals surface area contributed by atoms with E-state index in [9.17, 15) is 18.8 Å². The molecule has 0 saturated carbocycles. The predicted octanol–water partition coefficient (Wildman–Crippen LogP) is 2.15. The molecule has 28 heavy (non-hydrogen) atoms. The first-order valence-corrected chi connectivity index (χ1v) is 9.28. The van der Waals surface area contributed by atoms with Crippen LogP contribution in [0.5, 0.6) is 0 Å². The van der Waals surface area contributed by atoms with E-state index in [0.717, 1.165) is 0 Å². The van der Waals surface area contributed by atoms with Crippen LogP contribution in [0.15, 0.2) is 33.9 Å². The largest absolute Gasteiger partial charge is 0.383 e. The maximum atomic E-state index is 14.0. The summed E-state index contributed by atoms with van der Waals surface area (Å²) >= 11 is 0. The monoisotopic (exact) mass is 390 g/mol. The Balaban J connectivity index is 2.54. The summed E-state index contributed by atoms with van der Waals surface area (Å²) in [7, 11) is 0. The van der Waals surface area contributed by atoms with Crippen LogP contribution in [0.1, 0.15) is 33.3 Å². The van der Waals surface area contributed by atoms with Crippen molar-refractivity contribution in [3.8, 4) is 0 Å². The van der Waals surface area contributed by atoms with Gasteiger partial charge in [-0.05, 0) is 23.5 Å². The zero-order chi connectivity index (χ0) is 21.0. The van der Waals surface area contributed by atoms with Crippen LogP contribution in [0, 0.1) is 17.7 Å². The van der Waals surface area contributed by atoms with Crippen molar-refractivity contribution >= 4 is 17.4 Å². The average molecular weight is 390 g/mol. The molecule has 0 bridgehead atoms. The van der Waals surface area contributed by atoms with Crippen molar-refractivity contribution in [3.05, 3.63) is 56.5 Å². The highest BCUT2D eigenvalue weighted by Gasteiger charge is 2.25. The molecule has 7 nitrogen and oxygen atoms in total. The van der Waals surface area contributed by atoms with Crippen LogP contribution < -0.4 is 21.9 Å². The molecule has 1 aromatic heterocycles. The fraction of sp³-hybridized carbons (Fsp3) is 0.450. The summed E-state index contributed by atoms with van der Waals surface area (Å²) in [6.07, 6.45) is -0.221. The molecule has 8 heteroatoms. The quantitative estimate of drug-likeness (QED) is 0.756. The number of nitrogens with zero attached hydrogens (tertiary/aromatic N) is 2. The number of nitrogens with one attached hydrogen (secondary N) is 1. The van der Waals surface area contributed by atoms with Crippen LogP contribution in [0.25, 0.3) is 0 Å². The van der Waals surface area contributed by atoms with Gasteiger partial charge in [0.05, 0.1) is 6.42 Å². The van der Waals surface area contributed by atoms with Gasteiger partial charge in [-0.2, -0.15) is 0 Å². The number of halogens is 1. The molecule has 0 aliphatic rings. The second kappa shape index (κ2) is 8.86. The summed E-state index contributed by atoms with van der Waals surface area (Å²) in [6, 6.07) is 5.98. The molecule has 0 fully saturated rings. The zero-order valence-electron chi connectivity index (χ0n) is 16.7. The summed E-state index contributed by atoms with van der Waals surface area (Å²) in [6.45, 7) is 8.10. The van der Waals surface area contributed by atoms with Crippen molar-refractivity contribution in [1.82, 2.24) is 9.55 Å². The van der Waals surface area contributed by atoms with Crippen molar-refractivity contribution in [2.45, 2.75) is 40.7 Å². The summed E-state index contributed by atoms with van der Waals surface area (Å²) in [5.74, 6) is -0.900. The topological polar surface area (TPSA) is 101 Å². The highest BCUT2D eigenvalue weighted by atomic mass is 19.1. The van der Waals surface area contributed by atoms with Gasteiger partial charge in [0.2, 0.25) is 5.91 Å². The van der Waals surface area contributed by atoms with Crippen LogP contribution in [-0.2, 0) is 17.8 Å². The van der Waals surface area contributed by atoms with E-state index < -0.39 is 23.0 Å². The van der Waals surface area contributed by atoms with E-state index in [1.165, 1.54) is 21.6 Å². The second-order valence-corrected chi connectivity index (χ2v) is 7.66. The SMILES string of the molecule is CC(C)CN(C(=O)Cc1ccccc1F)c1c(N)n(CC(C)C)c(=O)[nH]c1=O. The lowest BCUT2D eigenvalue weighted by molar-refractivity contribution is -0.118. The number of nitrogens with two attached hydrogens (primary N) is 1. The van der Waals surface area contributed by atoms with Crippen LogP contribution in [0.2, 0.25) is 0 Å². The number of aromatic nitrogens is 2. The normalized spacial score (nSPS) is 11.2. The maximum Gasteiger partial charge on any atom is 0.330 e. The molecule has 1 aromatic carbocycles. The van der Waals surface area contributed by atoms with E-state index >= 15 is 0 Å². The fourth-order valence-electron chi connectivity index (χ4n) is 2.97. The molecule has 3 N–H and O–H groups in total. The molecule has 152 valence electrons. The van der Waals surface area contributed by atoms with E-state index in [1.807, 2.05) is 27.7 Å². The number of hydrogen-bond donors (Lipinski definition) is 2. The molecule has 0 aliphatic heterocycles. The van der Waals surface area contributed by atoms with Gasteiger partial charge in [0, 0.05) is 13.1 Å². The minimum absolute atomic E-state index is 0.0221. The lowest BCUT2D eigenvalue weighted by Crippen LogP contribution is -2.43. The minimum atomic E-state index is -0.731. The van der Waals surface area contributed by atoms with Gasteiger partial charge in [0.25, 0.3) is 5.56 Å². The Bertz CT molecular complexity index is 963. The fourth-order valence-corrected chi connectivity index (χ4v) is 2.97. The third kappa shape index (κ3) is 4.88. The molecule has 1 amide bonds. The lowest BCUT2D eigenvalue weighted by atomic mass is 10.1. The molecule has 0 unspecified atom stereocenters. The first kappa shape index (κ1) is 21.4. The number of amides is 1. The molecular formula is C20H27FN4O3. The summed E-state index contributed by atoms with van der Waals surface area (Å²) in [5, 5.41) is 0. The highest BCUT2D eigenvalue weighted by Crippen LogP contribution is 2.21. The van der Waals surface area contributed by atoms with Crippen molar-refractivity contribution in [1.29, 1.82) is 0 Å².